The minimum atomic E-state index is -1.09. The second-order valence-electron chi connectivity index (χ2n) is 6.99. The Morgan fingerprint density at radius 1 is 1.13 bits per heavy atom. The first kappa shape index (κ1) is 23.9. The smallest absolute Gasteiger partial charge is 0.303 e. The fourth-order valence-electron chi connectivity index (χ4n) is 3.19. The Kier molecular flexibility index (Phi) is 7.81. The van der Waals surface area contributed by atoms with Crippen molar-refractivity contribution in [2.45, 2.75) is 65.5 Å². The number of rotatable bonds is 7. The second kappa shape index (κ2) is 10.1. The van der Waals surface area contributed by atoms with Gasteiger partial charge in [-0.05, 0) is 19.4 Å². The van der Waals surface area contributed by atoms with Gasteiger partial charge in [0.2, 0.25) is 11.9 Å². The van der Waals surface area contributed by atoms with Gasteiger partial charge >= 0.3 is 11.9 Å². The minimum Gasteiger partial charge on any atom is -0.456 e. The Balaban J connectivity index is 2.59. The number of ketones is 1. The SMILES string of the molecule is CC[C@H]1O[C@@H](c2cn(/C=C/C(C)=O)c(NC(C)=O)nc2=O)[C@@H](OC(C)=O)C1OC(C)=O. The van der Waals surface area contributed by atoms with Gasteiger partial charge in [-0.3, -0.25) is 33.9 Å². The maximum absolute atomic E-state index is 12.8. The van der Waals surface area contributed by atoms with Gasteiger partial charge in [0.15, 0.2) is 18.0 Å². The Morgan fingerprint density at radius 2 is 1.74 bits per heavy atom. The molecule has 0 spiro atoms. The van der Waals surface area contributed by atoms with E-state index in [9.17, 15) is 24.0 Å². The standard InChI is InChI=1S/C20H25N3O8/c1-6-15-17(29-12(4)26)18(30-13(5)27)16(31-15)14-9-23(8-7-10(2)24)20(21-11(3)25)22-19(14)28/h7-9,15-18H,6H2,1-5H3,(H,21,22,25,28)/b8-7+/t15-,16+,17?,18-/m1/s1. The zero-order chi connectivity index (χ0) is 23.3. The highest BCUT2D eigenvalue weighted by atomic mass is 16.6. The number of carbonyl (C=O) groups is 4. The lowest BCUT2D eigenvalue weighted by Gasteiger charge is -2.23. The molecule has 1 aliphatic heterocycles. The number of nitrogens with one attached hydrogen (secondary N) is 1. The van der Waals surface area contributed by atoms with Crippen molar-refractivity contribution >= 4 is 35.8 Å². The molecule has 0 saturated carbocycles. The van der Waals surface area contributed by atoms with Crippen LogP contribution in [0.3, 0.4) is 0 Å². The molecule has 1 unspecified atom stereocenters. The first-order valence-electron chi connectivity index (χ1n) is 9.62. The predicted molar refractivity (Wildman–Crippen MR) is 108 cm³/mol. The van der Waals surface area contributed by atoms with Crippen molar-refractivity contribution in [3.8, 4) is 0 Å². The summed E-state index contributed by atoms with van der Waals surface area (Å²) in [6.07, 6.45) is 0.559. The summed E-state index contributed by atoms with van der Waals surface area (Å²) in [5.41, 5.74) is -0.738. The van der Waals surface area contributed by atoms with E-state index in [0.29, 0.717) is 6.42 Å². The molecule has 1 aromatic rings. The third-order valence-corrected chi connectivity index (χ3v) is 4.36. The monoisotopic (exact) mass is 435 g/mol. The van der Waals surface area contributed by atoms with Crippen LogP contribution in [0.25, 0.3) is 6.20 Å². The van der Waals surface area contributed by atoms with Gasteiger partial charge in [0.1, 0.15) is 6.10 Å². The number of allylic oxidation sites excluding steroid dienone is 1. The van der Waals surface area contributed by atoms with E-state index < -0.39 is 47.8 Å². The molecule has 4 atom stereocenters. The van der Waals surface area contributed by atoms with Crippen LogP contribution in [0, 0.1) is 0 Å². The van der Waals surface area contributed by atoms with Crippen LogP contribution in [-0.4, -0.2) is 51.5 Å². The summed E-state index contributed by atoms with van der Waals surface area (Å²) in [6.45, 7) is 6.77. The van der Waals surface area contributed by atoms with Crippen molar-refractivity contribution in [1.82, 2.24) is 9.55 Å². The average Bonchev–Trinajstić information content (AvgIpc) is 2.96. The lowest BCUT2D eigenvalue weighted by atomic mass is 10.0. The lowest BCUT2D eigenvalue weighted by Crippen LogP contribution is -2.38. The van der Waals surface area contributed by atoms with Crippen LogP contribution in [0.2, 0.25) is 0 Å². The number of ether oxygens (including phenoxy) is 3. The molecule has 0 aliphatic carbocycles. The van der Waals surface area contributed by atoms with E-state index in [0.717, 1.165) is 0 Å². The minimum absolute atomic E-state index is 0.00153. The molecule has 2 heterocycles. The van der Waals surface area contributed by atoms with Gasteiger partial charge in [-0.15, -0.1) is 0 Å². The normalized spacial score (nSPS) is 22.9. The van der Waals surface area contributed by atoms with E-state index in [-0.39, 0.29) is 17.3 Å². The maximum Gasteiger partial charge on any atom is 0.303 e. The molecule has 1 saturated heterocycles. The topological polar surface area (TPSA) is 143 Å². The van der Waals surface area contributed by atoms with Crippen LogP contribution in [0.5, 0.6) is 0 Å². The summed E-state index contributed by atoms with van der Waals surface area (Å²) in [5, 5.41) is 2.41. The van der Waals surface area contributed by atoms with Gasteiger partial charge in [-0.2, -0.15) is 4.98 Å². The Labute approximate surface area is 178 Å². The van der Waals surface area contributed by atoms with Crippen molar-refractivity contribution in [2.24, 2.45) is 0 Å². The number of aromatic nitrogens is 2. The fraction of sp³-hybridized carbons (Fsp3) is 0.500. The molecular formula is C20H25N3O8. The molecule has 1 aliphatic rings. The van der Waals surface area contributed by atoms with E-state index in [1.807, 2.05) is 0 Å². The molecule has 1 fully saturated rings. The molecule has 1 amide bonds. The van der Waals surface area contributed by atoms with Crippen LogP contribution >= 0.6 is 0 Å². The quantitative estimate of drug-likeness (QED) is 0.489. The summed E-state index contributed by atoms with van der Waals surface area (Å²) in [7, 11) is 0. The largest absolute Gasteiger partial charge is 0.456 e. The van der Waals surface area contributed by atoms with Gasteiger partial charge in [-0.1, -0.05) is 6.92 Å². The van der Waals surface area contributed by atoms with Crippen molar-refractivity contribution in [3.05, 3.63) is 28.2 Å². The third-order valence-electron chi connectivity index (χ3n) is 4.36. The first-order chi connectivity index (χ1) is 14.5. The zero-order valence-corrected chi connectivity index (χ0v) is 17.9. The molecule has 0 radical (unpaired) electrons. The maximum atomic E-state index is 12.8. The number of anilines is 1. The molecule has 2 rings (SSSR count). The summed E-state index contributed by atoms with van der Waals surface area (Å²) >= 11 is 0. The third kappa shape index (κ3) is 6.07. The molecule has 0 bridgehead atoms. The predicted octanol–water partition coefficient (Wildman–Crippen LogP) is 0.975. The Hall–Kier alpha value is -3.34. The van der Waals surface area contributed by atoms with Crippen LogP contribution in [-0.2, 0) is 33.4 Å². The van der Waals surface area contributed by atoms with Gasteiger partial charge in [0.25, 0.3) is 5.56 Å². The highest BCUT2D eigenvalue weighted by molar-refractivity contribution is 5.90. The summed E-state index contributed by atoms with van der Waals surface area (Å²) in [6, 6.07) is 0. The van der Waals surface area contributed by atoms with Crippen LogP contribution < -0.4 is 10.9 Å². The fourth-order valence-corrected chi connectivity index (χ4v) is 3.19. The second-order valence-corrected chi connectivity index (χ2v) is 6.99. The molecule has 0 aromatic carbocycles. The summed E-state index contributed by atoms with van der Waals surface area (Å²) < 4.78 is 17.9. The number of nitrogens with zero attached hydrogens (tertiary/aromatic N) is 2. The molecule has 11 nitrogen and oxygen atoms in total. The zero-order valence-electron chi connectivity index (χ0n) is 17.9. The van der Waals surface area contributed by atoms with Gasteiger partial charge in [0.05, 0.1) is 11.7 Å². The number of hydrogen-bond donors (Lipinski definition) is 1. The number of hydrogen-bond acceptors (Lipinski definition) is 9. The number of carbonyl (C=O) groups excluding carboxylic acids is 4. The molecule has 31 heavy (non-hydrogen) atoms. The van der Waals surface area contributed by atoms with Crippen LogP contribution in [0.15, 0.2) is 17.1 Å². The van der Waals surface area contributed by atoms with Crippen LogP contribution in [0.1, 0.15) is 52.7 Å². The van der Waals surface area contributed by atoms with Crippen molar-refractivity contribution < 1.29 is 33.4 Å². The molecular weight excluding hydrogens is 410 g/mol. The van der Waals surface area contributed by atoms with E-state index >= 15 is 0 Å². The molecule has 1 aromatic heterocycles. The van der Waals surface area contributed by atoms with Gasteiger partial charge < -0.3 is 14.2 Å². The van der Waals surface area contributed by atoms with Crippen molar-refractivity contribution in [3.63, 3.8) is 0 Å². The molecule has 11 heteroatoms. The average molecular weight is 435 g/mol. The van der Waals surface area contributed by atoms with Gasteiger partial charge in [-0.25, -0.2) is 0 Å². The molecule has 1 N–H and O–H groups in total. The number of esters is 2. The van der Waals surface area contributed by atoms with E-state index in [1.54, 1.807) is 6.92 Å². The van der Waals surface area contributed by atoms with E-state index in [2.05, 4.69) is 10.3 Å². The van der Waals surface area contributed by atoms with Crippen molar-refractivity contribution in [2.75, 3.05) is 5.32 Å². The first-order valence-corrected chi connectivity index (χ1v) is 9.62. The highest BCUT2D eigenvalue weighted by Gasteiger charge is 2.50. The number of amides is 1. The Morgan fingerprint density at radius 3 is 2.26 bits per heavy atom. The lowest BCUT2D eigenvalue weighted by molar-refractivity contribution is -0.164. The van der Waals surface area contributed by atoms with E-state index in [1.165, 1.54) is 50.7 Å². The Bertz CT molecular complexity index is 968. The van der Waals surface area contributed by atoms with Crippen molar-refractivity contribution in [1.29, 1.82) is 0 Å². The summed E-state index contributed by atoms with van der Waals surface area (Å²) in [4.78, 5) is 62.7. The highest BCUT2D eigenvalue weighted by Crippen LogP contribution is 2.37. The van der Waals surface area contributed by atoms with Crippen LogP contribution in [0.4, 0.5) is 5.95 Å². The van der Waals surface area contributed by atoms with Gasteiger partial charge in [0, 0.05) is 33.2 Å². The van der Waals surface area contributed by atoms with E-state index in [4.69, 9.17) is 14.2 Å². The summed E-state index contributed by atoms with van der Waals surface area (Å²) in [5.74, 6) is -2.09. The molecule has 168 valence electrons.